The Morgan fingerprint density at radius 3 is 2.25 bits per heavy atom. The van der Waals surface area contributed by atoms with Crippen molar-refractivity contribution in [3.8, 4) is 0 Å². The number of hydrogen-bond donors (Lipinski definition) is 0. The Bertz CT molecular complexity index is 203. The Labute approximate surface area is 74.9 Å². The minimum atomic E-state index is 0.230. The lowest BCUT2D eigenvalue weighted by molar-refractivity contribution is -0.104. The van der Waals surface area contributed by atoms with Gasteiger partial charge in [-0.25, -0.2) is 0 Å². The third-order valence-corrected chi connectivity index (χ3v) is 3.59. The van der Waals surface area contributed by atoms with Gasteiger partial charge in [-0.05, 0) is 29.7 Å². The Morgan fingerprint density at radius 2 is 1.83 bits per heavy atom. The number of rotatable bonds is 2. The van der Waals surface area contributed by atoms with Gasteiger partial charge in [-0.3, -0.25) is 4.79 Å². The molecule has 1 atom stereocenters. The van der Waals surface area contributed by atoms with E-state index in [2.05, 4.69) is 26.8 Å². The van der Waals surface area contributed by atoms with E-state index in [4.69, 9.17) is 0 Å². The largest absolute Gasteiger partial charge is 0.299 e. The van der Waals surface area contributed by atoms with Gasteiger partial charge >= 0.3 is 0 Å². The summed E-state index contributed by atoms with van der Waals surface area (Å²) in [4.78, 5) is 10.2. The zero-order valence-corrected chi connectivity index (χ0v) is 8.26. The monoisotopic (exact) mass is 166 g/mol. The van der Waals surface area contributed by atoms with E-state index in [0.717, 1.165) is 6.29 Å². The molecule has 0 amide bonds. The summed E-state index contributed by atoms with van der Waals surface area (Å²) in [6, 6.07) is 0. The first kappa shape index (κ1) is 9.50. The zero-order valence-electron chi connectivity index (χ0n) is 8.26. The van der Waals surface area contributed by atoms with Gasteiger partial charge in [-0.2, -0.15) is 0 Å². The molecule has 0 aromatic carbocycles. The maximum absolute atomic E-state index is 10.2. The third-order valence-electron chi connectivity index (χ3n) is 3.59. The molecular formula is C11H18O. The average molecular weight is 166 g/mol. The van der Waals surface area contributed by atoms with Crippen molar-refractivity contribution in [1.29, 1.82) is 0 Å². The van der Waals surface area contributed by atoms with Crippen molar-refractivity contribution in [2.45, 2.75) is 40.0 Å². The van der Waals surface area contributed by atoms with Crippen LogP contribution in [-0.4, -0.2) is 6.29 Å². The first-order chi connectivity index (χ1) is 5.52. The van der Waals surface area contributed by atoms with Gasteiger partial charge in [0.15, 0.2) is 0 Å². The first-order valence-electron chi connectivity index (χ1n) is 4.65. The van der Waals surface area contributed by atoms with Crippen LogP contribution in [0, 0.1) is 10.8 Å². The van der Waals surface area contributed by atoms with Crippen molar-refractivity contribution in [3.05, 3.63) is 12.2 Å². The molecule has 0 bridgehead atoms. The maximum atomic E-state index is 10.2. The highest BCUT2D eigenvalue weighted by atomic mass is 16.1. The Kier molecular flexibility index (Phi) is 2.41. The van der Waals surface area contributed by atoms with Gasteiger partial charge in [0.2, 0.25) is 0 Å². The van der Waals surface area contributed by atoms with Crippen molar-refractivity contribution in [2.75, 3.05) is 0 Å². The van der Waals surface area contributed by atoms with E-state index in [1.165, 1.54) is 19.3 Å². The topological polar surface area (TPSA) is 17.1 Å². The Hall–Kier alpha value is -0.590. The number of carbonyl (C=O) groups is 1. The number of allylic oxidation sites excluding steroid dienone is 2. The average Bonchev–Trinajstić information content (AvgIpc) is 2.24. The fourth-order valence-corrected chi connectivity index (χ4v) is 2.08. The summed E-state index contributed by atoms with van der Waals surface area (Å²) >= 11 is 0. The molecule has 0 radical (unpaired) electrons. The van der Waals surface area contributed by atoms with Gasteiger partial charge in [-0.15, -0.1) is 0 Å². The molecule has 1 aliphatic rings. The molecule has 0 unspecified atom stereocenters. The lowest BCUT2D eigenvalue weighted by Gasteiger charge is -2.35. The molecule has 68 valence electrons. The summed E-state index contributed by atoms with van der Waals surface area (Å²) in [6.07, 6.45) is 8.36. The van der Waals surface area contributed by atoms with Crippen LogP contribution < -0.4 is 0 Å². The van der Waals surface area contributed by atoms with Gasteiger partial charge in [0, 0.05) is 0 Å². The summed E-state index contributed by atoms with van der Waals surface area (Å²) in [5, 5.41) is 0. The van der Waals surface area contributed by atoms with Crippen LogP contribution >= 0.6 is 0 Å². The Balaban J connectivity index is 2.82. The number of aldehydes is 1. The first-order valence-corrected chi connectivity index (χ1v) is 4.65. The molecule has 1 nitrogen and oxygen atoms in total. The summed E-state index contributed by atoms with van der Waals surface area (Å²) in [6.45, 7) is 6.82. The minimum absolute atomic E-state index is 0.230. The second kappa shape index (κ2) is 3.04. The molecule has 0 aliphatic heterocycles. The molecule has 1 rings (SSSR count). The summed E-state index contributed by atoms with van der Waals surface area (Å²) in [5.41, 5.74) is 0.584. The zero-order chi connectivity index (χ0) is 9.24. The van der Waals surface area contributed by atoms with Crippen LogP contribution in [0.1, 0.15) is 40.0 Å². The molecule has 0 heterocycles. The highest BCUT2D eigenvalue weighted by molar-refractivity contribution is 5.64. The summed E-state index contributed by atoms with van der Waals surface area (Å²) < 4.78 is 0. The van der Waals surface area contributed by atoms with Crippen LogP contribution in [0.2, 0.25) is 0 Å². The van der Waals surface area contributed by atoms with Gasteiger partial charge in [0.05, 0.1) is 0 Å². The van der Waals surface area contributed by atoms with Crippen molar-refractivity contribution in [2.24, 2.45) is 10.8 Å². The molecule has 1 fully saturated rings. The molecule has 0 N–H and O–H groups in total. The fraction of sp³-hybridized carbons (Fsp3) is 0.727. The van der Waals surface area contributed by atoms with E-state index in [-0.39, 0.29) is 5.41 Å². The second-order valence-corrected chi connectivity index (χ2v) is 4.65. The van der Waals surface area contributed by atoms with Crippen LogP contribution in [0.3, 0.4) is 0 Å². The van der Waals surface area contributed by atoms with E-state index in [9.17, 15) is 4.79 Å². The van der Waals surface area contributed by atoms with Gasteiger partial charge in [0.25, 0.3) is 0 Å². The fourth-order valence-electron chi connectivity index (χ4n) is 2.08. The van der Waals surface area contributed by atoms with Crippen molar-refractivity contribution in [1.82, 2.24) is 0 Å². The van der Waals surface area contributed by atoms with Crippen molar-refractivity contribution in [3.63, 3.8) is 0 Å². The molecule has 0 spiro atoms. The molecular weight excluding hydrogens is 148 g/mol. The lowest BCUT2D eigenvalue weighted by atomic mass is 9.69. The summed E-state index contributed by atoms with van der Waals surface area (Å²) in [7, 11) is 0. The predicted octanol–water partition coefficient (Wildman–Crippen LogP) is 2.96. The van der Waals surface area contributed by atoms with E-state index < -0.39 is 0 Å². The van der Waals surface area contributed by atoms with E-state index >= 15 is 0 Å². The van der Waals surface area contributed by atoms with Crippen LogP contribution in [0.4, 0.5) is 0 Å². The highest BCUT2D eigenvalue weighted by Gasteiger charge is 2.42. The molecule has 1 aliphatic carbocycles. The molecule has 0 aromatic heterocycles. The third kappa shape index (κ3) is 1.45. The van der Waals surface area contributed by atoms with Gasteiger partial charge < -0.3 is 0 Å². The molecule has 0 saturated heterocycles. The van der Waals surface area contributed by atoms with E-state index in [1.807, 2.05) is 0 Å². The Morgan fingerprint density at radius 1 is 1.17 bits per heavy atom. The van der Waals surface area contributed by atoms with Gasteiger partial charge in [0.1, 0.15) is 6.29 Å². The number of hydrogen-bond acceptors (Lipinski definition) is 1. The normalized spacial score (nSPS) is 34.2. The minimum Gasteiger partial charge on any atom is -0.299 e. The van der Waals surface area contributed by atoms with Crippen molar-refractivity contribution < 1.29 is 4.79 Å². The second-order valence-electron chi connectivity index (χ2n) is 4.65. The van der Waals surface area contributed by atoms with Crippen LogP contribution in [0.25, 0.3) is 0 Å². The number of carbonyl (C=O) groups excluding carboxylic acids is 1. The van der Waals surface area contributed by atoms with Crippen LogP contribution in [-0.2, 0) is 4.79 Å². The van der Waals surface area contributed by atoms with E-state index in [0.29, 0.717) is 5.41 Å². The van der Waals surface area contributed by atoms with Crippen molar-refractivity contribution >= 4 is 6.29 Å². The SMILES string of the molecule is CC1(C)CCC[C@@]1(C)/C=C/C=O. The van der Waals surface area contributed by atoms with Gasteiger partial charge in [-0.1, -0.05) is 33.3 Å². The molecule has 0 aromatic rings. The lowest BCUT2D eigenvalue weighted by Crippen LogP contribution is -2.27. The van der Waals surface area contributed by atoms with Crippen LogP contribution in [0.5, 0.6) is 0 Å². The quantitative estimate of drug-likeness (QED) is 0.455. The standard InChI is InChI=1S/C11H18O/c1-10(2)6-4-7-11(10,3)8-5-9-12/h5,8-9H,4,6-7H2,1-3H3/b8-5+/t11-/m0/s1. The molecule has 12 heavy (non-hydrogen) atoms. The summed E-state index contributed by atoms with van der Waals surface area (Å²) in [5.74, 6) is 0. The molecule has 1 saturated carbocycles. The molecule has 1 heteroatoms. The predicted molar refractivity (Wildman–Crippen MR) is 50.9 cm³/mol. The highest BCUT2D eigenvalue weighted by Crippen LogP contribution is 2.53. The van der Waals surface area contributed by atoms with E-state index in [1.54, 1.807) is 6.08 Å². The van der Waals surface area contributed by atoms with Crippen LogP contribution in [0.15, 0.2) is 12.2 Å². The smallest absolute Gasteiger partial charge is 0.142 e. The maximum Gasteiger partial charge on any atom is 0.142 e.